The Hall–Kier alpha value is -0.780. The van der Waals surface area contributed by atoms with Crippen molar-refractivity contribution < 1.29 is 0 Å². The van der Waals surface area contributed by atoms with Crippen LogP contribution in [0.4, 0.5) is 0 Å². The second kappa shape index (κ2) is 3.53. The third-order valence-electron chi connectivity index (χ3n) is 3.02. The zero-order chi connectivity index (χ0) is 9.26. The lowest BCUT2D eigenvalue weighted by molar-refractivity contribution is 0.724. The van der Waals surface area contributed by atoms with E-state index in [1.807, 2.05) is 0 Å². The van der Waals surface area contributed by atoms with Gasteiger partial charge in [-0.2, -0.15) is 0 Å². The summed E-state index contributed by atoms with van der Waals surface area (Å²) in [4.78, 5) is 0. The fourth-order valence-corrected chi connectivity index (χ4v) is 1.84. The number of hydrogen-bond acceptors (Lipinski definition) is 0. The van der Waals surface area contributed by atoms with Crippen LogP contribution in [0.25, 0.3) is 0 Å². The highest BCUT2D eigenvalue weighted by atomic mass is 14.3. The van der Waals surface area contributed by atoms with E-state index in [0.29, 0.717) is 0 Å². The molecule has 1 saturated carbocycles. The Kier molecular flexibility index (Phi) is 2.39. The summed E-state index contributed by atoms with van der Waals surface area (Å²) in [5.41, 5.74) is 4.43. The topological polar surface area (TPSA) is 0 Å². The van der Waals surface area contributed by atoms with Crippen molar-refractivity contribution in [1.29, 1.82) is 0 Å². The standard InChI is InChI=1S/C13H18/c1-10-3-4-11(2)13(9-10)8-7-12-5-6-12/h3-4,9,12H,5-8H2,1-2H3. The van der Waals surface area contributed by atoms with Crippen molar-refractivity contribution >= 4 is 0 Å². The van der Waals surface area contributed by atoms with Gasteiger partial charge in [0.25, 0.3) is 0 Å². The largest absolute Gasteiger partial charge is 0.0590 e. The molecule has 0 N–H and O–H groups in total. The second-order valence-corrected chi connectivity index (χ2v) is 4.41. The summed E-state index contributed by atoms with van der Waals surface area (Å²) in [5.74, 6) is 1.06. The zero-order valence-electron chi connectivity index (χ0n) is 8.64. The molecule has 0 unspecified atom stereocenters. The lowest BCUT2D eigenvalue weighted by Crippen LogP contribution is -1.91. The predicted octanol–water partition coefficient (Wildman–Crippen LogP) is 3.65. The van der Waals surface area contributed by atoms with Crippen molar-refractivity contribution in [2.75, 3.05) is 0 Å². The molecular weight excluding hydrogens is 156 g/mol. The second-order valence-electron chi connectivity index (χ2n) is 4.41. The van der Waals surface area contributed by atoms with E-state index in [1.165, 1.54) is 36.8 Å². The minimum atomic E-state index is 1.06. The lowest BCUT2D eigenvalue weighted by atomic mass is 10.0. The Morgan fingerprint density at radius 1 is 1.23 bits per heavy atom. The van der Waals surface area contributed by atoms with Crippen LogP contribution in [-0.4, -0.2) is 0 Å². The fraction of sp³-hybridized carbons (Fsp3) is 0.538. The quantitative estimate of drug-likeness (QED) is 0.656. The minimum absolute atomic E-state index is 1.06. The fourth-order valence-electron chi connectivity index (χ4n) is 1.84. The van der Waals surface area contributed by atoms with E-state index < -0.39 is 0 Å². The molecule has 0 saturated heterocycles. The van der Waals surface area contributed by atoms with Crippen LogP contribution in [0.15, 0.2) is 18.2 Å². The maximum Gasteiger partial charge on any atom is -0.0274 e. The van der Waals surface area contributed by atoms with Gasteiger partial charge in [0, 0.05) is 0 Å². The van der Waals surface area contributed by atoms with Crippen LogP contribution in [0.3, 0.4) is 0 Å². The summed E-state index contributed by atoms with van der Waals surface area (Å²) < 4.78 is 0. The average molecular weight is 174 g/mol. The maximum atomic E-state index is 2.34. The third-order valence-corrected chi connectivity index (χ3v) is 3.02. The first kappa shape index (κ1) is 8.80. The zero-order valence-corrected chi connectivity index (χ0v) is 8.64. The van der Waals surface area contributed by atoms with Crippen LogP contribution in [0.2, 0.25) is 0 Å². The van der Waals surface area contributed by atoms with Crippen LogP contribution in [-0.2, 0) is 6.42 Å². The van der Waals surface area contributed by atoms with Gasteiger partial charge < -0.3 is 0 Å². The highest BCUT2D eigenvalue weighted by molar-refractivity contribution is 5.30. The van der Waals surface area contributed by atoms with Gasteiger partial charge in [0.15, 0.2) is 0 Å². The Balaban J connectivity index is 2.03. The SMILES string of the molecule is Cc1ccc(C)c(CCC2CC2)c1. The molecule has 0 nitrogen and oxygen atoms in total. The number of aryl methyl sites for hydroxylation is 3. The van der Waals surface area contributed by atoms with E-state index in [9.17, 15) is 0 Å². The molecule has 0 aromatic heterocycles. The molecular formula is C13H18. The van der Waals surface area contributed by atoms with Gasteiger partial charge >= 0.3 is 0 Å². The molecule has 0 atom stereocenters. The van der Waals surface area contributed by atoms with Crippen LogP contribution >= 0.6 is 0 Å². The summed E-state index contributed by atoms with van der Waals surface area (Å²) in [6, 6.07) is 6.80. The molecule has 1 fully saturated rings. The van der Waals surface area contributed by atoms with Gasteiger partial charge in [-0.1, -0.05) is 36.6 Å². The van der Waals surface area contributed by atoms with Crippen LogP contribution < -0.4 is 0 Å². The molecule has 0 radical (unpaired) electrons. The van der Waals surface area contributed by atoms with Gasteiger partial charge in [-0.25, -0.2) is 0 Å². The summed E-state index contributed by atoms with van der Waals surface area (Å²) in [6.07, 6.45) is 5.65. The van der Waals surface area contributed by atoms with Gasteiger partial charge in [-0.15, -0.1) is 0 Å². The van der Waals surface area contributed by atoms with Gasteiger partial charge in [0.05, 0.1) is 0 Å². The van der Waals surface area contributed by atoms with Crippen LogP contribution in [0, 0.1) is 19.8 Å². The Morgan fingerprint density at radius 2 is 2.00 bits per heavy atom. The van der Waals surface area contributed by atoms with Crippen molar-refractivity contribution in [2.45, 2.75) is 39.5 Å². The summed E-state index contributed by atoms with van der Waals surface area (Å²) in [7, 11) is 0. The Morgan fingerprint density at radius 3 is 2.69 bits per heavy atom. The monoisotopic (exact) mass is 174 g/mol. The number of rotatable bonds is 3. The Labute approximate surface area is 81.0 Å². The first-order valence-electron chi connectivity index (χ1n) is 5.32. The molecule has 2 rings (SSSR count). The van der Waals surface area contributed by atoms with Crippen molar-refractivity contribution in [3.63, 3.8) is 0 Å². The Bertz CT molecular complexity index is 295. The summed E-state index contributed by atoms with van der Waals surface area (Å²) in [5, 5.41) is 0. The molecule has 0 amide bonds. The molecule has 1 aliphatic rings. The molecule has 70 valence electrons. The molecule has 0 spiro atoms. The van der Waals surface area contributed by atoms with E-state index in [0.717, 1.165) is 5.92 Å². The van der Waals surface area contributed by atoms with E-state index in [-0.39, 0.29) is 0 Å². The molecule has 1 aromatic carbocycles. The van der Waals surface area contributed by atoms with Gasteiger partial charge in [0.2, 0.25) is 0 Å². The molecule has 0 bridgehead atoms. The smallest absolute Gasteiger partial charge is 0.0274 e. The minimum Gasteiger partial charge on any atom is -0.0590 e. The molecule has 0 aliphatic heterocycles. The highest BCUT2D eigenvalue weighted by Gasteiger charge is 2.20. The van der Waals surface area contributed by atoms with Gasteiger partial charge in [-0.05, 0) is 43.7 Å². The third kappa shape index (κ3) is 2.33. The van der Waals surface area contributed by atoms with Gasteiger partial charge in [0.1, 0.15) is 0 Å². The van der Waals surface area contributed by atoms with E-state index in [2.05, 4.69) is 32.0 Å². The lowest BCUT2D eigenvalue weighted by Gasteiger charge is -2.06. The van der Waals surface area contributed by atoms with Crippen molar-refractivity contribution in [3.05, 3.63) is 34.9 Å². The van der Waals surface area contributed by atoms with Crippen molar-refractivity contribution in [1.82, 2.24) is 0 Å². The van der Waals surface area contributed by atoms with E-state index in [4.69, 9.17) is 0 Å². The van der Waals surface area contributed by atoms with Crippen molar-refractivity contribution in [2.24, 2.45) is 5.92 Å². The van der Waals surface area contributed by atoms with Crippen LogP contribution in [0.5, 0.6) is 0 Å². The molecule has 1 aliphatic carbocycles. The van der Waals surface area contributed by atoms with Crippen molar-refractivity contribution in [3.8, 4) is 0 Å². The average Bonchev–Trinajstić information content (AvgIpc) is 2.90. The van der Waals surface area contributed by atoms with Crippen LogP contribution in [0.1, 0.15) is 36.0 Å². The van der Waals surface area contributed by atoms with E-state index >= 15 is 0 Å². The molecule has 13 heavy (non-hydrogen) atoms. The first-order valence-corrected chi connectivity index (χ1v) is 5.32. The molecule has 0 heteroatoms. The highest BCUT2D eigenvalue weighted by Crippen LogP contribution is 2.33. The molecule has 1 aromatic rings. The predicted molar refractivity (Wildman–Crippen MR) is 57.0 cm³/mol. The maximum absolute atomic E-state index is 2.34. The first-order chi connectivity index (χ1) is 6.25. The summed E-state index contributed by atoms with van der Waals surface area (Å²) >= 11 is 0. The summed E-state index contributed by atoms with van der Waals surface area (Å²) in [6.45, 7) is 4.40. The normalized spacial score (nSPS) is 16.2. The number of benzene rings is 1. The van der Waals surface area contributed by atoms with E-state index in [1.54, 1.807) is 5.56 Å². The molecule has 0 heterocycles. The number of hydrogen-bond donors (Lipinski definition) is 0. The van der Waals surface area contributed by atoms with Gasteiger partial charge in [-0.3, -0.25) is 0 Å².